The Morgan fingerprint density at radius 1 is 1.15 bits per heavy atom. The van der Waals surface area contributed by atoms with Gasteiger partial charge in [-0.3, -0.25) is 20.2 Å². The van der Waals surface area contributed by atoms with Gasteiger partial charge in [-0.2, -0.15) is 0 Å². The third-order valence-corrected chi connectivity index (χ3v) is 5.44. The number of benzene rings is 2. The van der Waals surface area contributed by atoms with Crippen LogP contribution in [0.5, 0.6) is 0 Å². The quantitative estimate of drug-likeness (QED) is 0.275. The summed E-state index contributed by atoms with van der Waals surface area (Å²) >= 11 is 5.25. The Morgan fingerprint density at radius 3 is 2.65 bits per heavy atom. The maximum absolute atomic E-state index is 12.7. The van der Waals surface area contributed by atoms with E-state index >= 15 is 0 Å². The first-order valence-corrected chi connectivity index (χ1v) is 10.9. The highest BCUT2D eigenvalue weighted by atomic mass is 32.1. The van der Waals surface area contributed by atoms with Crippen molar-refractivity contribution in [1.82, 2.24) is 5.32 Å². The van der Waals surface area contributed by atoms with E-state index in [1.54, 1.807) is 36.4 Å². The number of carbonyl (C=O) groups excluding carboxylic acids is 1. The van der Waals surface area contributed by atoms with Crippen molar-refractivity contribution in [2.24, 2.45) is 0 Å². The first-order valence-electron chi connectivity index (χ1n) is 10.5. The fourth-order valence-corrected chi connectivity index (χ4v) is 3.80. The van der Waals surface area contributed by atoms with Crippen molar-refractivity contribution in [2.75, 3.05) is 36.5 Å². The molecule has 4 rings (SSSR count). The smallest absolute Gasteiger partial charge is 0.293 e. The monoisotopic (exact) mass is 482 g/mol. The van der Waals surface area contributed by atoms with Crippen LogP contribution in [0, 0.1) is 10.1 Å². The lowest BCUT2D eigenvalue weighted by atomic mass is 10.1. The molecule has 1 aromatic heterocycles. The number of nitro groups is 1. The molecule has 10 nitrogen and oxygen atoms in total. The van der Waals surface area contributed by atoms with E-state index in [4.69, 9.17) is 21.4 Å². The molecule has 176 valence electrons. The summed E-state index contributed by atoms with van der Waals surface area (Å²) in [7, 11) is 0. The summed E-state index contributed by atoms with van der Waals surface area (Å²) < 4.78 is 10.8. The van der Waals surface area contributed by atoms with Crippen LogP contribution in [0.2, 0.25) is 0 Å². The lowest BCUT2D eigenvalue weighted by Crippen LogP contribution is -2.37. The van der Waals surface area contributed by atoms with Gasteiger partial charge in [-0.25, -0.2) is 0 Å². The number of hydrogen-bond donors (Lipinski definition) is 3. The number of ether oxygens (including phenoxy) is 1. The van der Waals surface area contributed by atoms with Crippen molar-refractivity contribution in [3.05, 3.63) is 76.0 Å². The largest absolute Gasteiger partial charge is 0.459 e. The number of morpholine rings is 1. The Hall–Kier alpha value is -3.80. The lowest BCUT2D eigenvalue weighted by Gasteiger charge is -2.28. The SMILES string of the molecule is O=C(NC(=S)Nc1cccc(-c2ccc(CO)o2)c1)c1ccc(N2CCOCC2)c([N+](=O)[O-])c1. The van der Waals surface area contributed by atoms with Crippen LogP contribution in [-0.4, -0.2) is 47.4 Å². The predicted molar refractivity (Wildman–Crippen MR) is 130 cm³/mol. The second-order valence-corrected chi connectivity index (χ2v) is 7.88. The first kappa shape index (κ1) is 23.4. The number of aliphatic hydroxyl groups excluding tert-OH is 1. The molecule has 1 aliphatic rings. The molecule has 0 aliphatic carbocycles. The second kappa shape index (κ2) is 10.4. The van der Waals surface area contributed by atoms with Gasteiger partial charge in [-0.15, -0.1) is 0 Å². The number of hydrogen-bond acceptors (Lipinski definition) is 8. The molecule has 34 heavy (non-hydrogen) atoms. The van der Waals surface area contributed by atoms with E-state index < -0.39 is 10.8 Å². The van der Waals surface area contributed by atoms with E-state index in [0.29, 0.717) is 49.2 Å². The van der Waals surface area contributed by atoms with Gasteiger partial charge in [0.15, 0.2) is 5.11 Å². The van der Waals surface area contributed by atoms with Crippen LogP contribution in [0.1, 0.15) is 16.1 Å². The molecule has 1 amide bonds. The molecule has 2 aromatic carbocycles. The van der Waals surface area contributed by atoms with E-state index in [0.717, 1.165) is 5.56 Å². The lowest BCUT2D eigenvalue weighted by molar-refractivity contribution is -0.384. The van der Waals surface area contributed by atoms with Gasteiger partial charge in [-0.05, 0) is 48.6 Å². The molecule has 0 saturated carbocycles. The van der Waals surface area contributed by atoms with Crippen LogP contribution in [-0.2, 0) is 11.3 Å². The predicted octanol–water partition coefficient (Wildman–Crippen LogP) is 3.31. The number of anilines is 2. The number of thiocarbonyl (C=S) groups is 1. The standard InChI is InChI=1S/C23H22N4O6S/c28-14-18-5-7-21(33-18)15-2-1-3-17(12-15)24-23(34)25-22(29)16-4-6-19(20(13-16)27(30)31)26-8-10-32-11-9-26/h1-7,12-13,28H,8-11,14H2,(H2,24,25,29,34). The Kier molecular flexibility index (Phi) is 7.16. The fourth-order valence-electron chi connectivity index (χ4n) is 3.59. The minimum absolute atomic E-state index is 0.0394. The molecule has 0 atom stereocenters. The Labute approximate surface area is 200 Å². The molecule has 0 radical (unpaired) electrons. The molecule has 0 spiro atoms. The summed E-state index contributed by atoms with van der Waals surface area (Å²) in [6.07, 6.45) is 0. The van der Waals surface area contributed by atoms with E-state index in [9.17, 15) is 20.0 Å². The van der Waals surface area contributed by atoms with Crippen LogP contribution in [0.3, 0.4) is 0 Å². The van der Waals surface area contributed by atoms with Crippen LogP contribution in [0.15, 0.2) is 59.0 Å². The highest BCUT2D eigenvalue weighted by Crippen LogP contribution is 2.30. The molecule has 1 aliphatic heterocycles. The summed E-state index contributed by atoms with van der Waals surface area (Å²) in [6, 6.07) is 15.0. The number of nitro benzene ring substituents is 1. The highest BCUT2D eigenvalue weighted by Gasteiger charge is 2.23. The van der Waals surface area contributed by atoms with Gasteiger partial charge in [0.1, 0.15) is 23.8 Å². The maximum atomic E-state index is 12.7. The molecule has 0 unspecified atom stereocenters. The third-order valence-electron chi connectivity index (χ3n) is 5.24. The van der Waals surface area contributed by atoms with E-state index in [-0.39, 0.29) is 23.0 Å². The van der Waals surface area contributed by atoms with Crippen molar-refractivity contribution >= 4 is 40.3 Å². The zero-order valence-electron chi connectivity index (χ0n) is 18.0. The Bertz CT molecular complexity index is 1220. The van der Waals surface area contributed by atoms with Gasteiger partial charge < -0.3 is 24.5 Å². The average Bonchev–Trinajstić information content (AvgIpc) is 3.34. The molecular formula is C23H22N4O6S. The van der Waals surface area contributed by atoms with Crippen molar-refractivity contribution in [1.29, 1.82) is 0 Å². The van der Waals surface area contributed by atoms with Crippen molar-refractivity contribution in [3.8, 4) is 11.3 Å². The first-order chi connectivity index (χ1) is 16.4. The number of aliphatic hydroxyl groups is 1. The van der Waals surface area contributed by atoms with Gasteiger partial charge in [0.2, 0.25) is 0 Å². The number of nitrogens with zero attached hydrogens (tertiary/aromatic N) is 2. The van der Waals surface area contributed by atoms with Crippen molar-refractivity contribution in [3.63, 3.8) is 0 Å². The second-order valence-electron chi connectivity index (χ2n) is 7.47. The minimum Gasteiger partial charge on any atom is -0.459 e. The molecule has 3 aromatic rings. The number of rotatable bonds is 6. The molecule has 2 heterocycles. The number of nitrogens with one attached hydrogen (secondary N) is 2. The molecule has 3 N–H and O–H groups in total. The van der Waals surface area contributed by atoms with Crippen LogP contribution in [0.25, 0.3) is 11.3 Å². The highest BCUT2D eigenvalue weighted by molar-refractivity contribution is 7.80. The van der Waals surface area contributed by atoms with E-state index in [2.05, 4.69) is 10.6 Å². The normalized spacial score (nSPS) is 13.4. The molecule has 1 saturated heterocycles. The topological polar surface area (TPSA) is 130 Å². The number of amides is 1. The van der Waals surface area contributed by atoms with E-state index in [1.165, 1.54) is 12.1 Å². The average molecular weight is 483 g/mol. The van der Waals surface area contributed by atoms with Gasteiger partial charge >= 0.3 is 0 Å². The summed E-state index contributed by atoms with van der Waals surface area (Å²) in [6.45, 7) is 1.86. The number of carbonyl (C=O) groups is 1. The zero-order chi connectivity index (χ0) is 24.1. The Morgan fingerprint density at radius 2 is 1.94 bits per heavy atom. The number of furan rings is 1. The molecular weight excluding hydrogens is 460 g/mol. The van der Waals surface area contributed by atoms with Gasteiger partial charge in [-0.1, -0.05) is 12.1 Å². The molecule has 0 bridgehead atoms. The van der Waals surface area contributed by atoms with Crippen LogP contribution < -0.4 is 15.5 Å². The van der Waals surface area contributed by atoms with E-state index in [1.807, 2.05) is 11.0 Å². The van der Waals surface area contributed by atoms with Crippen molar-refractivity contribution in [2.45, 2.75) is 6.61 Å². The summed E-state index contributed by atoms with van der Waals surface area (Å²) in [5, 5.41) is 26.3. The van der Waals surface area contributed by atoms with Crippen molar-refractivity contribution < 1.29 is 24.0 Å². The van der Waals surface area contributed by atoms with Gasteiger partial charge in [0, 0.05) is 36.0 Å². The van der Waals surface area contributed by atoms with Gasteiger partial charge in [0.05, 0.1) is 18.1 Å². The van der Waals surface area contributed by atoms with Gasteiger partial charge in [0.25, 0.3) is 11.6 Å². The summed E-state index contributed by atoms with van der Waals surface area (Å²) in [5.74, 6) is 0.462. The minimum atomic E-state index is -0.566. The summed E-state index contributed by atoms with van der Waals surface area (Å²) in [5.41, 5.74) is 1.78. The molecule has 1 fully saturated rings. The fraction of sp³-hybridized carbons (Fsp3) is 0.217. The zero-order valence-corrected chi connectivity index (χ0v) is 18.8. The van der Waals surface area contributed by atoms with Crippen LogP contribution >= 0.6 is 12.2 Å². The van der Waals surface area contributed by atoms with Crippen LogP contribution in [0.4, 0.5) is 17.1 Å². The maximum Gasteiger partial charge on any atom is 0.293 e. The summed E-state index contributed by atoms with van der Waals surface area (Å²) in [4.78, 5) is 25.7. The molecule has 11 heteroatoms. The Balaban J connectivity index is 1.44. The third kappa shape index (κ3) is 5.39.